The van der Waals surface area contributed by atoms with E-state index in [1.165, 1.54) is 61.2 Å². The van der Waals surface area contributed by atoms with Crippen LogP contribution in [0.25, 0.3) is 55.7 Å². The Morgan fingerprint density at radius 2 is 1.14 bits per heavy atom. The van der Waals surface area contributed by atoms with Gasteiger partial charge in [0, 0.05) is 62.1 Å². The average Bonchev–Trinajstić information content (AvgIpc) is 3.94. The molecule has 0 radical (unpaired) electrons. The van der Waals surface area contributed by atoms with Gasteiger partial charge in [-0.15, -0.1) is 0 Å². The van der Waals surface area contributed by atoms with Gasteiger partial charge in [-0.3, -0.25) is 0 Å². The fourth-order valence-corrected chi connectivity index (χ4v) is 10.4. The standard InChI is InChI=1S/C56H40N2O/c1-37-16-15-25-48-49-34-41(30-33-52(49)58(55(37)48)40-21-9-4-10-22-40)57(43-29-32-47-46-24-12-14-27-53(46)59-54(47)36-43)42-28-31-45-44-23-11-13-26-50(44)56(51(45)35-42,38-17-5-2-6-18-38)39-19-7-3-8-20-39/h2-15,17-37H,16H2,1H3. The molecular formula is C56H40N2O. The zero-order chi connectivity index (χ0) is 39.1. The molecule has 3 heteroatoms. The number of para-hydroxylation sites is 2. The van der Waals surface area contributed by atoms with Gasteiger partial charge < -0.3 is 13.9 Å². The molecule has 0 saturated heterocycles. The third kappa shape index (κ3) is 4.95. The fraction of sp³-hybridized carbons (Fsp3) is 0.0714. The summed E-state index contributed by atoms with van der Waals surface area (Å²) in [5.41, 5.74) is 17.1. The second kappa shape index (κ2) is 13.1. The molecule has 1 atom stereocenters. The summed E-state index contributed by atoms with van der Waals surface area (Å²) < 4.78 is 9.03. The van der Waals surface area contributed by atoms with Crippen molar-refractivity contribution >= 4 is 56.0 Å². The molecule has 0 spiro atoms. The minimum Gasteiger partial charge on any atom is -0.456 e. The number of nitrogens with zero attached hydrogens (tertiary/aromatic N) is 2. The number of allylic oxidation sites excluding steroid dienone is 1. The van der Waals surface area contributed by atoms with E-state index in [4.69, 9.17) is 4.42 Å². The maximum Gasteiger partial charge on any atom is 0.137 e. The highest BCUT2D eigenvalue weighted by Gasteiger charge is 2.46. The summed E-state index contributed by atoms with van der Waals surface area (Å²) in [6.45, 7) is 2.35. The van der Waals surface area contributed by atoms with Crippen molar-refractivity contribution in [3.8, 4) is 16.8 Å². The normalized spacial score (nSPS) is 15.0. The number of aromatic nitrogens is 1. The lowest BCUT2D eigenvalue weighted by atomic mass is 9.67. The number of anilines is 3. The number of fused-ring (bicyclic) bond motifs is 9. The van der Waals surface area contributed by atoms with Crippen LogP contribution < -0.4 is 4.90 Å². The van der Waals surface area contributed by atoms with E-state index in [0.717, 1.165) is 45.4 Å². The van der Waals surface area contributed by atoms with Crippen LogP contribution in [0.3, 0.4) is 0 Å². The van der Waals surface area contributed by atoms with Crippen molar-refractivity contribution in [3.05, 3.63) is 234 Å². The van der Waals surface area contributed by atoms with Gasteiger partial charge in [0.1, 0.15) is 11.2 Å². The smallest absolute Gasteiger partial charge is 0.137 e. The van der Waals surface area contributed by atoms with Crippen molar-refractivity contribution in [1.82, 2.24) is 4.57 Å². The topological polar surface area (TPSA) is 21.3 Å². The van der Waals surface area contributed by atoms with E-state index in [2.05, 4.69) is 217 Å². The predicted octanol–water partition coefficient (Wildman–Crippen LogP) is 14.9. The van der Waals surface area contributed by atoms with Crippen molar-refractivity contribution in [2.45, 2.75) is 24.7 Å². The minimum absolute atomic E-state index is 0.389. The zero-order valence-corrected chi connectivity index (χ0v) is 32.7. The molecule has 3 nitrogen and oxygen atoms in total. The Morgan fingerprint density at radius 3 is 1.93 bits per heavy atom. The number of rotatable bonds is 6. The molecule has 280 valence electrons. The van der Waals surface area contributed by atoms with Crippen LogP contribution in [0, 0.1) is 0 Å². The molecule has 10 aromatic rings. The van der Waals surface area contributed by atoms with Crippen molar-refractivity contribution in [3.63, 3.8) is 0 Å². The van der Waals surface area contributed by atoms with Crippen LogP contribution in [0.4, 0.5) is 17.1 Å². The monoisotopic (exact) mass is 756 g/mol. The Hall–Kier alpha value is -7.36. The SMILES string of the molecule is CC1CC=Cc2c1n(-c1ccccc1)c1ccc(N(c3ccc4c(c3)C(c3ccccc3)(c3ccccc3)c3ccccc3-4)c3ccc4c(c3)oc3ccccc34)cc21. The Kier molecular flexibility index (Phi) is 7.49. The molecule has 0 fully saturated rings. The van der Waals surface area contributed by atoms with Gasteiger partial charge in [0.2, 0.25) is 0 Å². The third-order valence-electron chi connectivity index (χ3n) is 12.9. The summed E-state index contributed by atoms with van der Waals surface area (Å²) >= 11 is 0. The lowest BCUT2D eigenvalue weighted by Gasteiger charge is -2.35. The number of benzene rings is 8. The molecular weight excluding hydrogens is 717 g/mol. The highest BCUT2D eigenvalue weighted by atomic mass is 16.3. The van der Waals surface area contributed by atoms with Crippen molar-refractivity contribution in [2.75, 3.05) is 4.90 Å². The van der Waals surface area contributed by atoms with Crippen molar-refractivity contribution in [1.29, 1.82) is 0 Å². The molecule has 2 aliphatic carbocycles. The quantitative estimate of drug-likeness (QED) is 0.168. The van der Waals surface area contributed by atoms with Crippen LogP contribution in [-0.2, 0) is 5.41 Å². The summed E-state index contributed by atoms with van der Waals surface area (Å²) in [5.74, 6) is 0.389. The second-order valence-electron chi connectivity index (χ2n) is 16.1. The van der Waals surface area contributed by atoms with Crippen LogP contribution in [0.5, 0.6) is 0 Å². The highest BCUT2D eigenvalue weighted by molar-refractivity contribution is 6.06. The molecule has 0 aliphatic heterocycles. The molecule has 1 unspecified atom stereocenters. The van der Waals surface area contributed by atoms with Crippen LogP contribution in [0.1, 0.15) is 52.8 Å². The first-order valence-corrected chi connectivity index (χ1v) is 20.7. The van der Waals surface area contributed by atoms with E-state index in [1.54, 1.807) is 0 Å². The number of hydrogen-bond acceptors (Lipinski definition) is 2. The van der Waals surface area contributed by atoms with Crippen LogP contribution >= 0.6 is 0 Å². The second-order valence-corrected chi connectivity index (χ2v) is 16.1. The van der Waals surface area contributed by atoms with Gasteiger partial charge in [-0.1, -0.05) is 146 Å². The van der Waals surface area contributed by atoms with E-state index < -0.39 is 5.41 Å². The summed E-state index contributed by atoms with van der Waals surface area (Å²) in [6.07, 6.45) is 5.70. The Labute approximate surface area is 343 Å². The van der Waals surface area contributed by atoms with E-state index in [-0.39, 0.29) is 0 Å². The largest absolute Gasteiger partial charge is 0.456 e. The molecule has 59 heavy (non-hydrogen) atoms. The first-order chi connectivity index (χ1) is 29.2. The molecule has 2 aromatic heterocycles. The van der Waals surface area contributed by atoms with Crippen LogP contribution in [0.15, 0.2) is 205 Å². The van der Waals surface area contributed by atoms with Gasteiger partial charge in [-0.25, -0.2) is 0 Å². The third-order valence-corrected chi connectivity index (χ3v) is 12.9. The number of furan rings is 1. The maximum absolute atomic E-state index is 6.55. The fourth-order valence-electron chi connectivity index (χ4n) is 10.4. The van der Waals surface area contributed by atoms with E-state index in [1.807, 2.05) is 6.07 Å². The number of hydrogen-bond donors (Lipinski definition) is 0. The summed E-state index contributed by atoms with van der Waals surface area (Å²) in [4.78, 5) is 2.43. The van der Waals surface area contributed by atoms with Crippen LogP contribution in [-0.4, -0.2) is 4.57 Å². The molecule has 0 saturated carbocycles. The maximum atomic E-state index is 6.55. The molecule has 0 bridgehead atoms. The van der Waals surface area contributed by atoms with Gasteiger partial charge >= 0.3 is 0 Å². The van der Waals surface area contributed by atoms with Crippen molar-refractivity contribution in [2.24, 2.45) is 0 Å². The molecule has 2 heterocycles. The van der Waals surface area contributed by atoms with Gasteiger partial charge in [-0.05, 0) is 100 Å². The van der Waals surface area contributed by atoms with Gasteiger partial charge in [0.05, 0.1) is 10.9 Å². The Balaban J connectivity index is 1.14. The van der Waals surface area contributed by atoms with E-state index in [9.17, 15) is 0 Å². The molecule has 2 aliphatic rings. The average molecular weight is 757 g/mol. The first kappa shape index (κ1) is 33.7. The van der Waals surface area contributed by atoms with Gasteiger partial charge in [0.15, 0.2) is 0 Å². The molecule has 0 N–H and O–H groups in total. The lowest BCUT2D eigenvalue weighted by Crippen LogP contribution is -2.28. The van der Waals surface area contributed by atoms with E-state index in [0.29, 0.717) is 5.92 Å². The van der Waals surface area contributed by atoms with Crippen molar-refractivity contribution < 1.29 is 4.42 Å². The molecule has 12 rings (SSSR count). The first-order valence-electron chi connectivity index (χ1n) is 20.7. The zero-order valence-electron chi connectivity index (χ0n) is 32.7. The summed E-state index contributed by atoms with van der Waals surface area (Å²) in [6, 6.07) is 71.0. The van der Waals surface area contributed by atoms with E-state index >= 15 is 0 Å². The molecule has 8 aromatic carbocycles. The minimum atomic E-state index is -0.518. The lowest BCUT2D eigenvalue weighted by molar-refractivity contribution is 0.669. The van der Waals surface area contributed by atoms with Gasteiger partial charge in [0.25, 0.3) is 0 Å². The Morgan fingerprint density at radius 1 is 0.525 bits per heavy atom. The van der Waals surface area contributed by atoms with Gasteiger partial charge in [-0.2, -0.15) is 0 Å². The predicted molar refractivity (Wildman–Crippen MR) is 245 cm³/mol. The Bertz CT molecular complexity index is 3220. The summed E-state index contributed by atoms with van der Waals surface area (Å²) in [7, 11) is 0. The molecule has 0 amide bonds. The van der Waals surface area contributed by atoms with Crippen LogP contribution in [0.2, 0.25) is 0 Å². The highest BCUT2D eigenvalue weighted by Crippen LogP contribution is 2.57. The summed E-state index contributed by atoms with van der Waals surface area (Å²) in [5, 5.41) is 3.49.